The topological polar surface area (TPSA) is 54.8 Å². The van der Waals surface area contributed by atoms with Crippen molar-refractivity contribution >= 4 is 11.8 Å². The van der Waals surface area contributed by atoms with Crippen LogP contribution >= 0.6 is 0 Å². The molecule has 2 N–H and O–H groups in total. The third-order valence-electron chi connectivity index (χ3n) is 5.48. The molecule has 0 aliphatic heterocycles. The van der Waals surface area contributed by atoms with Gasteiger partial charge in [-0.05, 0) is 36.8 Å². The smallest absolute Gasteiger partial charge is 0.364 e. The van der Waals surface area contributed by atoms with Gasteiger partial charge in [-0.25, -0.2) is 9.97 Å². The molecule has 33 heavy (non-hydrogen) atoms. The maximum absolute atomic E-state index is 13.3. The van der Waals surface area contributed by atoms with Crippen molar-refractivity contribution in [3.8, 4) is 22.5 Å². The maximum Gasteiger partial charge on any atom is 0.416 e. The minimum atomic E-state index is -4.43. The first kappa shape index (κ1) is 22.4. The lowest BCUT2D eigenvalue weighted by Gasteiger charge is -2.16. The first-order chi connectivity index (χ1) is 15.8. The number of nitrogens with one attached hydrogen (secondary N) is 2. The highest BCUT2D eigenvalue weighted by atomic mass is 19.4. The summed E-state index contributed by atoms with van der Waals surface area (Å²) in [5.41, 5.74) is 2.74. The Kier molecular flexibility index (Phi) is 6.09. The molecule has 1 atom stereocenters. The minimum absolute atomic E-state index is 0.0243. The predicted molar refractivity (Wildman–Crippen MR) is 125 cm³/mol. The van der Waals surface area contributed by atoms with E-state index >= 15 is 0 Å². The van der Waals surface area contributed by atoms with Crippen LogP contribution in [-0.4, -0.2) is 21.6 Å². The van der Waals surface area contributed by atoms with Crippen LogP contribution in [0.3, 0.4) is 0 Å². The average molecular weight is 451 g/mol. The van der Waals surface area contributed by atoms with Crippen LogP contribution in [-0.2, 0) is 13.2 Å². The van der Waals surface area contributed by atoms with Crippen molar-refractivity contribution in [2.45, 2.75) is 19.1 Å². The van der Waals surface area contributed by atoms with Crippen molar-refractivity contribution in [2.75, 3.05) is 17.7 Å². The van der Waals surface area contributed by atoms with E-state index in [1.165, 1.54) is 6.07 Å². The number of hydrogen-bond donors (Lipinski definition) is 2. The second kappa shape index (κ2) is 8.97. The van der Waals surface area contributed by atoms with E-state index in [-0.39, 0.29) is 6.04 Å². The zero-order chi connectivity index (χ0) is 23.6. The van der Waals surface area contributed by atoms with E-state index in [0.29, 0.717) is 28.7 Å². The Morgan fingerprint density at radius 1 is 0.939 bits per heavy atom. The first-order valence-electron chi connectivity index (χ1n) is 10.5. The first-order valence-corrected chi connectivity index (χ1v) is 10.5. The molecule has 4 aromatic rings. The minimum Gasteiger partial charge on any atom is -0.364 e. The third-order valence-corrected chi connectivity index (χ3v) is 5.48. The molecule has 170 valence electrons. The monoisotopic (exact) mass is 451 g/mol. The Morgan fingerprint density at radius 2 is 1.70 bits per heavy atom. The molecule has 2 aromatic carbocycles. The predicted octanol–water partition coefficient (Wildman–Crippen LogP) is 6.38. The number of nitrogens with zero attached hydrogens (tertiary/aromatic N) is 3. The lowest BCUT2D eigenvalue weighted by Crippen LogP contribution is -2.08. The van der Waals surface area contributed by atoms with E-state index in [9.17, 15) is 13.2 Å². The summed E-state index contributed by atoms with van der Waals surface area (Å²) in [5, 5.41) is 6.40. The van der Waals surface area contributed by atoms with Crippen molar-refractivity contribution < 1.29 is 13.2 Å². The molecule has 8 heteroatoms. The van der Waals surface area contributed by atoms with Gasteiger partial charge in [-0.15, -0.1) is 0 Å². The Bertz CT molecular complexity index is 1250. The highest BCUT2D eigenvalue weighted by Crippen LogP contribution is 2.37. The van der Waals surface area contributed by atoms with Crippen molar-refractivity contribution in [3.63, 3.8) is 0 Å². The summed E-state index contributed by atoms with van der Waals surface area (Å²) in [6.07, 6.45) is -2.75. The van der Waals surface area contributed by atoms with Gasteiger partial charge in [-0.2, -0.15) is 13.2 Å². The molecule has 5 nitrogen and oxygen atoms in total. The number of hydrogen-bond acceptors (Lipinski definition) is 4. The van der Waals surface area contributed by atoms with Gasteiger partial charge in [0.1, 0.15) is 5.82 Å². The van der Waals surface area contributed by atoms with Gasteiger partial charge in [0.2, 0.25) is 5.95 Å². The molecule has 0 saturated heterocycles. The number of pyridine rings is 1. The van der Waals surface area contributed by atoms with Crippen LogP contribution in [0.15, 0.2) is 72.9 Å². The molecule has 0 bridgehead atoms. The van der Waals surface area contributed by atoms with Crippen LogP contribution in [0.4, 0.5) is 24.9 Å². The summed E-state index contributed by atoms with van der Waals surface area (Å²) in [6.45, 7) is 2.04. The van der Waals surface area contributed by atoms with E-state index < -0.39 is 11.7 Å². The third kappa shape index (κ3) is 4.69. The molecule has 0 aliphatic carbocycles. The molecule has 0 unspecified atom stereocenters. The number of alkyl halides is 3. The number of aromatic nitrogens is 3. The molecule has 4 rings (SSSR count). The number of imidazole rings is 1. The van der Waals surface area contributed by atoms with Gasteiger partial charge in [0.05, 0.1) is 17.0 Å². The summed E-state index contributed by atoms with van der Waals surface area (Å²) in [4.78, 5) is 9.01. The summed E-state index contributed by atoms with van der Waals surface area (Å²) in [7, 11) is 3.55. The fraction of sp³-hybridized carbons (Fsp3) is 0.200. The quantitative estimate of drug-likeness (QED) is 0.357. The van der Waals surface area contributed by atoms with E-state index in [1.807, 2.05) is 61.0 Å². The summed E-state index contributed by atoms with van der Waals surface area (Å²) in [5.74, 6) is 1.20. The molecule has 0 aliphatic rings. The van der Waals surface area contributed by atoms with Crippen molar-refractivity contribution in [1.82, 2.24) is 14.5 Å². The second-order valence-corrected chi connectivity index (χ2v) is 7.73. The molecule has 2 aromatic heterocycles. The Hall–Kier alpha value is -3.81. The largest absolute Gasteiger partial charge is 0.416 e. The van der Waals surface area contributed by atoms with E-state index in [2.05, 4.69) is 20.6 Å². The van der Waals surface area contributed by atoms with Gasteiger partial charge in [-0.1, -0.05) is 42.5 Å². The Morgan fingerprint density at radius 3 is 2.39 bits per heavy atom. The number of anilines is 2. The highest BCUT2D eigenvalue weighted by molar-refractivity contribution is 5.82. The molecular weight excluding hydrogens is 427 g/mol. The van der Waals surface area contributed by atoms with Gasteiger partial charge >= 0.3 is 6.18 Å². The highest BCUT2D eigenvalue weighted by Gasteiger charge is 2.31. The Balaban J connectivity index is 1.76. The van der Waals surface area contributed by atoms with Crippen molar-refractivity contribution in [2.24, 2.45) is 7.05 Å². The van der Waals surface area contributed by atoms with Crippen LogP contribution in [0.2, 0.25) is 0 Å². The number of halogens is 3. The van der Waals surface area contributed by atoms with Crippen LogP contribution in [0.25, 0.3) is 22.5 Å². The van der Waals surface area contributed by atoms with Gasteiger partial charge in [-0.3, -0.25) is 0 Å². The van der Waals surface area contributed by atoms with Crippen LogP contribution in [0.5, 0.6) is 0 Å². The van der Waals surface area contributed by atoms with Gasteiger partial charge in [0, 0.05) is 37.5 Å². The summed E-state index contributed by atoms with van der Waals surface area (Å²) >= 11 is 0. The molecule has 2 heterocycles. The maximum atomic E-state index is 13.3. The molecule has 0 fully saturated rings. The van der Waals surface area contributed by atoms with E-state index in [1.54, 1.807) is 19.3 Å². The number of rotatable bonds is 6. The summed E-state index contributed by atoms with van der Waals surface area (Å²) in [6, 6.07) is 19.0. The Labute approximate surface area is 190 Å². The average Bonchev–Trinajstić information content (AvgIpc) is 3.15. The fourth-order valence-corrected chi connectivity index (χ4v) is 3.80. The lowest BCUT2D eigenvalue weighted by molar-refractivity contribution is -0.137. The van der Waals surface area contributed by atoms with Crippen LogP contribution in [0, 0.1) is 0 Å². The van der Waals surface area contributed by atoms with Gasteiger partial charge in [0.15, 0.2) is 0 Å². The zero-order valence-electron chi connectivity index (χ0n) is 18.5. The fourth-order valence-electron chi connectivity index (χ4n) is 3.80. The van der Waals surface area contributed by atoms with E-state index in [0.717, 1.165) is 23.3 Å². The van der Waals surface area contributed by atoms with Crippen molar-refractivity contribution in [3.05, 3.63) is 84.1 Å². The standard InChI is InChI=1S/C25H24F3N5/c1-16(17-8-5-4-6-9-17)31-21-15-19(12-13-30-21)23-22(32-24(29-2)33(23)3)18-10-7-11-20(14-18)25(26,27)28/h4-16H,1-3H3,(H,29,32)(H,30,31)/t16-/m1/s1. The zero-order valence-corrected chi connectivity index (χ0v) is 18.5. The van der Waals surface area contributed by atoms with Gasteiger partial charge < -0.3 is 15.2 Å². The molecule has 0 amide bonds. The SMILES string of the molecule is CNc1nc(-c2cccc(C(F)(F)F)c2)c(-c2ccnc(N[C@H](C)c3ccccc3)c2)n1C. The van der Waals surface area contributed by atoms with Crippen LogP contribution in [0.1, 0.15) is 24.1 Å². The van der Waals surface area contributed by atoms with Crippen LogP contribution < -0.4 is 10.6 Å². The molecular formula is C25H24F3N5. The normalized spacial score (nSPS) is 12.4. The lowest BCUT2D eigenvalue weighted by atomic mass is 10.0. The molecule has 0 radical (unpaired) electrons. The van der Waals surface area contributed by atoms with Crippen molar-refractivity contribution in [1.29, 1.82) is 0 Å². The molecule has 0 saturated carbocycles. The van der Waals surface area contributed by atoms with E-state index in [4.69, 9.17) is 0 Å². The second-order valence-electron chi connectivity index (χ2n) is 7.73. The summed E-state index contributed by atoms with van der Waals surface area (Å²) < 4.78 is 41.8. The van der Waals surface area contributed by atoms with Gasteiger partial charge in [0.25, 0.3) is 0 Å². The number of benzene rings is 2. The molecule has 0 spiro atoms.